The van der Waals surface area contributed by atoms with Gasteiger partial charge >= 0.3 is 5.97 Å². The van der Waals surface area contributed by atoms with Crippen LogP contribution in [0.3, 0.4) is 0 Å². The van der Waals surface area contributed by atoms with E-state index in [2.05, 4.69) is 9.64 Å². The number of anilines is 1. The molecule has 1 saturated heterocycles. The molecule has 0 spiro atoms. The molecule has 1 fully saturated rings. The van der Waals surface area contributed by atoms with Crippen molar-refractivity contribution >= 4 is 27.5 Å². The molecule has 0 atom stereocenters. The minimum atomic E-state index is -3.70. The number of carbonyl (C=O) groups is 2. The van der Waals surface area contributed by atoms with E-state index in [9.17, 15) is 18.0 Å². The van der Waals surface area contributed by atoms with Crippen LogP contribution in [0.25, 0.3) is 0 Å². The Morgan fingerprint density at radius 3 is 2.14 bits per heavy atom. The second-order valence-electron chi connectivity index (χ2n) is 6.51. The minimum absolute atomic E-state index is 0.0108. The van der Waals surface area contributed by atoms with Crippen molar-refractivity contribution in [3.63, 3.8) is 0 Å². The van der Waals surface area contributed by atoms with Gasteiger partial charge in [-0.3, -0.25) is 4.79 Å². The van der Waals surface area contributed by atoms with Crippen LogP contribution >= 0.6 is 0 Å². The molecule has 28 heavy (non-hydrogen) atoms. The van der Waals surface area contributed by atoms with Gasteiger partial charge in [0.1, 0.15) is 0 Å². The molecule has 0 radical (unpaired) electrons. The monoisotopic (exact) mass is 402 g/mol. The Balaban J connectivity index is 1.71. The van der Waals surface area contributed by atoms with Gasteiger partial charge in [0.2, 0.25) is 10.0 Å². The molecule has 0 bridgehead atoms. The summed E-state index contributed by atoms with van der Waals surface area (Å²) in [6, 6.07) is 13.2. The first-order valence-electron chi connectivity index (χ1n) is 8.87. The van der Waals surface area contributed by atoms with Crippen LogP contribution in [0.1, 0.15) is 27.6 Å². The van der Waals surface area contributed by atoms with Crippen LogP contribution in [0.4, 0.5) is 5.69 Å². The number of nitrogens with zero attached hydrogens (tertiary/aromatic N) is 2. The maximum absolute atomic E-state index is 12.9. The van der Waals surface area contributed by atoms with Crippen LogP contribution in [-0.4, -0.2) is 57.8 Å². The molecule has 0 saturated carbocycles. The topological polar surface area (TPSA) is 84.0 Å². The summed E-state index contributed by atoms with van der Waals surface area (Å²) in [7, 11) is -2.44. The molecular formula is C20H22N2O5S. The number of methoxy groups -OCH3 is 1. The van der Waals surface area contributed by atoms with Crippen molar-refractivity contribution in [1.29, 1.82) is 0 Å². The predicted octanol–water partition coefficient (Wildman–Crippen LogP) is 2.19. The number of carbonyl (C=O) groups excluding carboxylic acids is 2. The fourth-order valence-electron chi connectivity index (χ4n) is 3.14. The molecule has 148 valence electrons. The molecule has 0 N–H and O–H groups in total. The molecule has 2 aromatic carbocycles. The average Bonchev–Trinajstić information content (AvgIpc) is 2.73. The van der Waals surface area contributed by atoms with Gasteiger partial charge in [-0.15, -0.1) is 0 Å². The largest absolute Gasteiger partial charge is 0.465 e. The summed E-state index contributed by atoms with van der Waals surface area (Å²) >= 11 is 0. The highest BCUT2D eigenvalue weighted by Crippen LogP contribution is 2.22. The normalized spacial score (nSPS) is 15.3. The first-order chi connectivity index (χ1) is 13.3. The van der Waals surface area contributed by atoms with Crippen LogP contribution in [-0.2, 0) is 14.8 Å². The van der Waals surface area contributed by atoms with E-state index in [-0.39, 0.29) is 16.2 Å². The number of ketones is 1. The SMILES string of the molecule is COC(=O)c1cccc(S(=O)(=O)N2CCN(c3ccc(C(C)=O)cc3)CC2)c1. The molecule has 0 unspecified atom stereocenters. The van der Waals surface area contributed by atoms with Crippen molar-refractivity contribution in [2.75, 3.05) is 38.2 Å². The lowest BCUT2D eigenvalue weighted by molar-refractivity contribution is 0.0600. The Bertz CT molecular complexity index is 978. The lowest BCUT2D eigenvalue weighted by Crippen LogP contribution is -2.48. The van der Waals surface area contributed by atoms with Crippen molar-refractivity contribution in [2.24, 2.45) is 0 Å². The first-order valence-corrected chi connectivity index (χ1v) is 10.3. The summed E-state index contributed by atoms with van der Waals surface area (Å²) in [6.07, 6.45) is 0. The Hall–Kier alpha value is -2.71. The fourth-order valence-corrected chi connectivity index (χ4v) is 4.61. The third-order valence-electron chi connectivity index (χ3n) is 4.77. The van der Waals surface area contributed by atoms with E-state index in [4.69, 9.17) is 0 Å². The van der Waals surface area contributed by atoms with Crippen molar-refractivity contribution in [2.45, 2.75) is 11.8 Å². The molecule has 1 aliphatic rings. The fraction of sp³-hybridized carbons (Fsp3) is 0.300. The second kappa shape index (κ2) is 8.12. The van der Waals surface area contributed by atoms with E-state index < -0.39 is 16.0 Å². The van der Waals surface area contributed by atoms with Crippen LogP contribution in [0.15, 0.2) is 53.4 Å². The molecule has 0 aliphatic carbocycles. The average molecular weight is 402 g/mol. The van der Waals surface area contributed by atoms with Crippen molar-refractivity contribution in [1.82, 2.24) is 4.31 Å². The van der Waals surface area contributed by atoms with Gasteiger partial charge in [0.25, 0.3) is 0 Å². The Kier molecular flexibility index (Phi) is 5.81. The molecule has 3 rings (SSSR count). The Morgan fingerprint density at radius 2 is 1.57 bits per heavy atom. The zero-order valence-corrected chi connectivity index (χ0v) is 16.6. The molecule has 1 heterocycles. The molecule has 0 amide bonds. The number of sulfonamides is 1. The van der Waals surface area contributed by atoms with E-state index in [0.29, 0.717) is 31.7 Å². The second-order valence-corrected chi connectivity index (χ2v) is 8.45. The van der Waals surface area contributed by atoms with Gasteiger partial charge in [0.15, 0.2) is 5.78 Å². The quantitative estimate of drug-likeness (QED) is 0.563. The molecule has 7 nitrogen and oxygen atoms in total. The van der Waals surface area contributed by atoms with Gasteiger partial charge in [-0.2, -0.15) is 4.31 Å². The standard InChI is InChI=1S/C20H22N2O5S/c1-15(23)16-6-8-18(9-7-16)21-10-12-22(13-11-21)28(25,26)19-5-3-4-17(14-19)20(24)27-2/h3-9,14H,10-13H2,1-2H3. The number of hydrogen-bond donors (Lipinski definition) is 0. The van der Waals surface area contributed by atoms with Crippen LogP contribution in [0.5, 0.6) is 0 Å². The zero-order chi connectivity index (χ0) is 20.3. The van der Waals surface area contributed by atoms with Crippen molar-refractivity contribution < 1.29 is 22.7 Å². The minimum Gasteiger partial charge on any atom is -0.465 e. The van der Waals surface area contributed by atoms with Crippen molar-refractivity contribution in [3.05, 3.63) is 59.7 Å². The summed E-state index contributed by atoms with van der Waals surface area (Å²) in [5.74, 6) is -0.562. The maximum atomic E-state index is 12.9. The van der Waals surface area contributed by atoms with Crippen LogP contribution < -0.4 is 4.90 Å². The molecule has 8 heteroatoms. The van der Waals surface area contributed by atoms with E-state index in [0.717, 1.165) is 5.69 Å². The lowest BCUT2D eigenvalue weighted by atomic mass is 10.1. The first kappa shape index (κ1) is 20.0. The lowest BCUT2D eigenvalue weighted by Gasteiger charge is -2.35. The highest BCUT2D eigenvalue weighted by Gasteiger charge is 2.29. The maximum Gasteiger partial charge on any atom is 0.337 e. The number of esters is 1. The van der Waals surface area contributed by atoms with Gasteiger partial charge in [-0.25, -0.2) is 13.2 Å². The van der Waals surface area contributed by atoms with E-state index in [1.807, 2.05) is 12.1 Å². The van der Waals surface area contributed by atoms with Gasteiger partial charge in [-0.1, -0.05) is 6.07 Å². The summed E-state index contributed by atoms with van der Waals surface area (Å²) in [5, 5.41) is 0. The summed E-state index contributed by atoms with van der Waals surface area (Å²) in [4.78, 5) is 25.2. The van der Waals surface area contributed by atoms with E-state index in [1.54, 1.807) is 12.1 Å². The molecule has 2 aromatic rings. The number of benzene rings is 2. The number of piperazine rings is 1. The molecular weight excluding hydrogens is 380 g/mol. The third kappa shape index (κ3) is 4.07. The van der Waals surface area contributed by atoms with Crippen LogP contribution in [0.2, 0.25) is 0 Å². The molecule has 1 aliphatic heterocycles. The highest BCUT2D eigenvalue weighted by molar-refractivity contribution is 7.89. The Labute approximate surface area is 164 Å². The van der Waals surface area contributed by atoms with Gasteiger partial charge in [0.05, 0.1) is 17.6 Å². The van der Waals surface area contributed by atoms with E-state index in [1.165, 1.54) is 42.6 Å². The smallest absolute Gasteiger partial charge is 0.337 e. The number of hydrogen-bond acceptors (Lipinski definition) is 6. The van der Waals surface area contributed by atoms with E-state index >= 15 is 0 Å². The zero-order valence-electron chi connectivity index (χ0n) is 15.8. The van der Waals surface area contributed by atoms with Crippen LogP contribution in [0, 0.1) is 0 Å². The van der Waals surface area contributed by atoms with Gasteiger partial charge in [0, 0.05) is 37.4 Å². The highest BCUT2D eigenvalue weighted by atomic mass is 32.2. The van der Waals surface area contributed by atoms with Gasteiger partial charge < -0.3 is 9.64 Å². The summed E-state index contributed by atoms with van der Waals surface area (Å²) in [5.41, 5.74) is 1.80. The number of ether oxygens (including phenoxy) is 1. The summed E-state index contributed by atoms with van der Waals surface area (Å²) in [6.45, 7) is 3.26. The van der Waals surface area contributed by atoms with Gasteiger partial charge in [-0.05, 0) is 49.4 Å². The predicted molar refractivity (Wildman–Crippen MR) is 105 cm³/mol. The number of Topliss-reactive ketones (excluding diaryl/α,β-unsaturated/α-hetero) is 1. The third-order valence-corrected chi connectivity index (χ3v) is 6.67. The summed E-state index contributed by atoms with van der Waals surface area (Å²) < 4.78 is 31.9. The van der Waals surface area contributed by atoms with Crippen molar-refractivity contribution in [3.8, 4) is 0 Å². The Morgan fingerprint density at radius 1 is 0.929 bits per heavy atom. The molecule has 0 aromatic heterocycles. The number of rotatable bonds is 5.